The first-order valence-electron chi connectivity index (χ1n) is 6.62. The second kappa shape index (κ2) is 6.24. The van der Waals surface area contributed by atoms with Crippen LogP contribution in [0.15, 0.2) is 0 Å². The van der Waals surface area contributed by atoms with E-state index in [0.29, 0.717) is 12.0 Å². The average Bonchev–Trinajstić information content (AvgIpc) is 3.01. The molecule has 1 atom stereocenters. The van der Waals surface area contributed by atoms with Gasteiger partial charge in [-0.3, -0.25) is 4.79 Å². The van der Waals surface area contributed by atoms with Crippen LogP contribution >= 0.6 is 0 Å². The van der Waals surface area contributed by atoms with E-state index in [1.165, 1.54) is 12.8 Å². The first-order valence-corrected chi connectivity index (χ1v) is 6.62. The Labute approximate surface area is 99.4 Å². The van der Waals surface area contributed by atoms with E-state index in [1.54, 1.807) is 0 Å². The highest BCUT2D eigenvalue weighted by Crippen LogP contribution is 2.28. The number of rotatable bonds is 7. The highest BCUT2D eigenvalue weighted by molar-refractivity contribution is 5.82. The van der Waals surface area contributed by atoms with Gasteiger partial charge in [0.15, 0.2) is 0 Å². The molecule has 3 nitrogen and oxygen atoms in total. The van der Waals surface area contributed by atoms with Crippen molar-refractivity contribution >= 4 is 5.91 Å². The zero-order chi connectivity index (χ0) is 12.1. The van der Waals surface area contributed by atoms with E-state index in [9.17, 15) is 4.79 Å². The van der Waals surface area contributed by atoms with Crippen molar-refractivity contribution in [1.29, 1.82) is 0 Å². The molecule has 0 saturated heterocycles. The largest absolute Gasteiger partial charge is 0.338 e. The van der Waals surface area contributed by atoms with E-state index >= 15 is 0 Å². The summed E-state index contributed by atoms with van der Waals surface area (Å²) in [5, 5.41) is 0. The van der Waals surface area contributed by atoms with Crippen molar-refractivity contribution in [2.24, 2.45) is 11.7 Å². The van der Waals surface area contributed by atoms with Gasteiger partial charge in [-0.2, -0.15) is 0 Å². The van der Waals surface area contributed by atoms with Gasteiger partial charge in [-0.1, -0.05) is 27.2 Å². The molecule has 16 heavy (non-hydrogen) atoms. The number of carbonyl (C=O) groups excluding carboxylic acids is 1. The molecule has 0 radical (unpaired) electrons. The highest BCUT2D eigenvalue weighted by Gasteiger charge is 2.34. The lowest BCUT2D eigenvalue weighted by Gasteiger charge is -2.26. The van der Waals surface area contributed by atoms with E-state index in [-0.39, 0.29) is 11.9 Å². The van der Waals surface area contributed by atoms with E-state index in [1.807, 2.05) is 4.90 Å². The zero-order valence-corrected chi connectivity index (χ0v) is 10.9. The quantitative estimate of drug-likeness (QED) is 0.723. The van der Waals surface area contributed by atoms with Crippen LogP contribution in [0.5, 0.6) is 0 Å². The fourth-order valence-electron chi connectivity index (χ4n) is 2.01. The average molecular weight is 226 g/mol. The Balaban J connectivity index is 2.45. The van der Waals surface area contributed by atoms with E-state index in [0.717, 1.165) is 25.8 Å². The molecule has 0 aromatic carbocycles. The van der Waals surface area contributed by atoms with Crippen LogP contribution < -0.4 is 5.73 Å². The molecule has 0 aromatic rings. The molecule has 1 amide bonds. The minimum Gasteiger partial charge on any atom is -0.338 e. The minimum atomic E-state index is -0.294. The van der Waals surface area contributed by atoms with Crippen molar-refractivity contribution in [3.8, 4) is 0 Å². The van der Waals surface area contributed by atoms with Gasteiger partial charge in [0.2, 0.25) is 5.91 Å². The summed E-state index contributed by atoms with van der Waals surface area (Å²) in [6.07, 6.45) is 5.37. The maximum absolute atomic E-state index is 12.2. The second-order valence-corrected chi connectivity index (χ2v) is 5.35. The maximum atomic E-state index is 12.2. The molecule has 0 unspecified atom stereocenters. The van der Waals surface area contributed by atoms with Gasteiger partial charge in [0.1, 0.15) is 0 Å². The molecular weight excluding hydrogens is 200 g/mol. The first kappa shape index (κ1) is 13.5. The third kappa shape index (κ3) is 4.12. The number of amides is 1. The monoisotopic (exact) mass is 226 g/mol. The van der Waals surface area contributed by atoms with E-state index in [4.69, 9.17) is 5.73 Å². The molecular formula is C13H26N2O. The van der Waals surface area contributed by atoms with Crippen LogP contribution in [-0.2, 0) is 4.79 Å². The number of nitrogens with zero attached hydrogens (tertiary/aromatic N) is 1. The standard InChI is InChI=1S/C13H26N2O/c1-4-5-8-15(11-6-7-11)13(16)12(14)9-10(2)3/h10-12H,4-9,14H2,1-3H3/t12-/m0/s1. The topological polar surface area (TPSA) is 46.3 Å². The number of hydrogen-bond acceptors (Lipinski definition) is 2. The molecule has 0 aliphatic heterocycles. The Hall–Kier alpha value is -0.570. The van der Waals surface area contributed by atoms with Crippen LogP contribution in [0.3, 0.4) is 0 Å². The van der Waals surface area contributed by atoms with Crippen molar-refractivity contribution in [2.75, 3.05) is 6.54 Å². The van der Waals surface area contributed by atoms with Crippen molar-refractivity contribution in [2.45, 2.75) is 65.0 Å². The van der Waals surface area contributed by atoms with Crippen LogP contribution in [0, 0.1) is 5.92 Å². The molecule has 0 bridgehead atoms. The Bertz CT molecular complexity index is 224. The molecule has 94 valence electrons. The summed E-state index contributed by atoms with van der Waals surface area (Å²) in [5.74, 6) is 0.663. The number of carbonyl (C=O) groups is 1. The van der Waals surface area contributed by atoms with Gasteiger partial charge in [-0.15, -0.1) is 0 Å². The molecule has 1 fully saturated rings. The van der Waals surface area contributed by atoms with Gasteiger partial charge < -0.3 is 10.6 Å². The van der Waals surface area contributed by atoms with Gasteiger partial charge in [0.25, 0.3) is 0 Å². The van der Waals surface area contributed by atoms with E-state index in [2.05, 4.69) is 20.8 Å². The maximum Gasteiger partial charge on any atom is 0.239 e. The molecule has 1 rings (SSSR count). The Kier molecular flexibility index (Phi) is 5.26. The van der Waals surface area contributed by atoms with Crippen LogP contribution in [0.4, 0.5) is 0 Å². The summed E-state index contributed by atoms with van der Waals surface area (Å²) < 4.78 is 0. The molecule has 0 aromatic heterocycles. The van der Waals surface area contributed by atoms with Gasteiger partial charge in [-0.25, -0.2) is 0 Å². The first-order chi connectivity index (χ1) is 7.56. The molecule has 1 aliphatic carbocycles. The molecule has 1 aliphatic rings. The van der Waals surface area contributed by atoms with Gasteiger partial charge in [-0.05, 0) is 31.6 Å². The fourth-order valence-corrected chi connectivity index (χ4v) is 2.01. The molecule has 0 spiro atoms. The predicted molar refractivity (Wildman–Crippen MR) is 67.1 cm³/mol. The van der Waals surface area contributed by atoms with Crippen molar-refractivity contribution in [3.05, 3.63) is 0 Å². The van der Waals surface area contributed by atoms with Crippen LogP contribution in [-0.4, -0.2) is 29.4 Å². The van der Waals surface area contributed by atoms with Crippen molar-refractivity contribution in [1.82, 2.24) is 4.90 Å². The Morgan fingerprint density at radius 3 is 2.50 bits per heavy atom. The summed E-state index contributed by atoms with van der Waals surface area (Å²) in [4.78, 5) is 14.2. The van der Waals surface area contributed by atoms with Crippen LogP contribution in [0.2, 0.25) is 0 Å². The SMILES string of the molecule is CCCCN(C(=O)[C@@H](N)CC(C)C)C1CC1. The Morgan fingerprint density at radius 1 is 1.44 bits per heavy atom. The molecule has 1 saturated carbocycles. The molecule has 3 heteroatoms. The summed E-state index contributed by atoms with van der Waals surface area (Å²) in [6, 6.07) is 0.203. The third-order valence-electron chi connectivity index (χ3n) is 3.07. The molecule has 0 heterocycles. The van der Waals surface area contributed by atoms with Gasteiger partial charge in [0.05, 0.1) is 6.04 Å². The summed E-state index contributed by atoms with van der Waals surface area (Å²) in [7, 11) is 0. The summed E-state index contributed by atoms with van der Waals surface area (Å²) >= 11 is 0. The lowest BCUT2D eigenvalue weighted by atomic mass is 10.0. The number of hydrogen-bond donors (Lipinski definition) is 1. The second-order valence-electron chi connectivity index (χ2n) is 5.35. The van der Waals surface area contributed by atoms with E-state index < -0.39 is 0 Å². The van der Waals surface area contributed by atoms with Gasteiger partial charge in [0, 0.05) is 12.6 Å². The molecule has 2 N–H and O–H groups in total. The highest BCUT2D eigenvalue weighted by atomic mass is 16.2. The normalized spacial score (nSPS) is 17.6. The fraction of sp³-hybridized carbons (Fsp3) is 0.923. The summed E-state index contributed by atoms with van der Waals surface area (Å²) in [5.41, 5.74) is 5.97. The summed E-state index contributed by atoms with van der Waals surface area (Å²) in [6.45, 7) is 7.27. The zero-order valence-electron chi connectivity index (χ0n) is 10.9. The smallest absolute Gasteiger partial charge is 0.239 e. The van der Waals surface area contributed by atoms with Crippen LogP contribution in [0.25, 0.3) is 0 Å². The van der Waals surface area contributed by atoms with Crippen molar-refractivity contribution in [3.63, 3.8) is 0 Å². The number of nitrogens with two attached hydrogens (primary N) is 1. The minimum absolute atomic E-state index is 0.171. The Morgan fingerprint density at radius 2 is 2.06 bits per heavy atom. The third-order valence-corrected chi connectivity index (χ3v) is 3.07. The van der Waals surface area contributed by atoms with Crippen molar-refractivity contribution < 1.29 is 4.79 Å². The predicted octanol–water partition coefficient (Wildman–Crippen LogP) is 2.15. The number of unbranched alkanes of at least 4 members (excludes halogenated alkanes) is 1. The van der Waals surface area contributed by atoms with Crippen LogP contribution in [0.1, 0.15) is 52.9 Å². The lowest BCUT2D eigenvalue weighted by Crippen LogP contribution is -2.45. The van der Waals surface area contributed by atoms with Gasteiger partial charge >= 0.3 is 0 Å². The lowest BCUT2D eigenvalue weighted by molar-refractivity contribution is -0.133.